The molecule has 2 bridgehead atoms. The summed E-state index contributed by atoms with van der Waals surface area (Å²) in [5.74, 6) is 0.533. The maximum absolute atomic E-state index is 5.94. The van der Waals surface area contributed by atoms with Gasteiger partial charge in [0.15, 0.2) is 5.13 Å². The first kappa shape index (κ1) is 20.7. The number of likely N-dealkylation sites (N-methyl/N-ethyl adjacent to an activating group) is 1. The molecule has 0 radical (unpaired) electrons. The van der Waals surface area contributed by atoms with E-state index in [1.165, 1.54) is 17.8 Å². The number of nitrogens with one attached hydrogen (secondary N) is 1. The van der Waals surface area contributed by atoms with Crippen molar-refractivity contribution >= 4 is 28.1 Å². The first-order chi connectivity index (χ1) is 16.2. The smallest absolute Gasteiger partial charge is 0.317 e. The fourth-order valence-electron chi connectivity index (χ4n) is 4.58. The molecule has 2 unspecified atom stereocenters. The second-order valence-corrected chi connectivity index (χ2v) is 9.72. The molecule has 0 saturated carbocycles. The van der Waals surface area contributed by atoms with Crippen molar-refractivity contribution in [3.05, 3.63) is 30.9 Å². The van der Waals surface area contributed by atoms with Crippen LogP contribution in [0.1, 0.15) is 19.3 Å². The lowest BCUT2D eigenvalue weighted by atomic mass is 9.88. The molecule has 4 fully saturated rings. The van der Waals surface area contributed by atoms with Crippen LogP contribution in [0.2, 0.25) is 0 Å². The van der Waals surface area contributed by atoms with Gasteiger partial charge in [0.05, 0.1) is 41.9 Å². The molecule has 33 heavy (non-hydrogen) atoms. The summed E-state index contributed by atoms with van der Waals surface area (Å²) in [6.07, 6.45) is 10.4. The van der Waals surface area contributed by atoms with Crippen LogP contribution in [-0.2, 0) is 4.74 Å². The highest BCUT2D eigenvalue weighted by molar-refractivity contribution is 7.18. The number of piperidine rings is 1. The van der Waals surface area contributed by atoms with Gasteiger partial charge in [-0.1, -0.05) is 11.3 Å². The van der Waals surface area contributed by atoms with Crippen LogP contribution >= 0.6 is 11.3 Å². The van der Waals surface area contributed by atoms with Gasteiger partial charge in [0.25, 0.3) is 0 Å². The minimum absolute atomic E-state index is 0.101. The lowest BCUT2D eigenvalue weighted by Crippen LogP contribution is -2.67. The maximum Gasteiger partial charge on any atom is 0.317 e. The number of piperazine rings is 1. The Morgan fingerprint density at radius 2 is 1.85 bits per heavy atom. The molecule has 1 N–H and O–H groups in total. The number of hydrogen-bond acceptors (Lipinski definition) is 11. The fraction of sp³-hybridized carbons (Fsp3) is 0.500. The lowest BCUT2D eigenvalue weighted by Gasteiger charge is -2.55. The SMILES string of the molecule is CN1C2CC1CN(c1cnc(Nc3ncc(-c4ccnc(OC5CCOCC5)n4)s3)nc1)C2. The molecule has 4 saturated heterocycles. The molecule has 4 aliphatic heterocycles. The number of anilines is 3. The van der Waals surface area contributed by atoms with Crippen LogP contribution in [0.15, 0.2) is 30.9 Å². The third kappa shape index (κ3) is 4.35. The maximum atomic E-state index is 5.94. The van der Waals surface area contributed by atoms with E-state index in [1.54, 1.807) is 12.4 Å². The highest BCUT2D eigenvalue weighted by Gasteiger charge is 2.42. The van der Waals surface area contributed by atoms with Crippen molar-refractivity contribution in [2.45, 2.75) is 37.5 Å². The molecule has 4 aliphatic rings. The fourth-order valence-corrected chi connectivity index (χ4v) is 5.36. The molecule has 0 aromatic carbocycles. The molecule has 172 valence electrons. The molecule has 10 nitrogen and oxygen atoms in total. The van der Waals surface area contributed by atoms with Crippen LogP contribution in [0.25, 0.3) is 10.6 Å². The van der Waals surface area contributed by atoms with E-state index in [-0.39, 0.29) is 6.10 Å². The van der Waals surface area contributed by atoms with Gasteiger partial charge in [-0.3, -0.25) is 4.90 Å². The van der Waals surface area contributed by atoms with E-state index < -0.39 is 0 Å². The van der Waals surface area contributed by atoms with Crippen molar-refractivity contribution in [2.75, 3.05) is 43.6 Å². The number of ether oxygens (including phenoxy) is 2. The predicted octanol–water partition coefficient (Wildman–Crippen LogP) is 2.58. The summed E-state index contributed by atoms with van der Waals surface area (Å²) in [5, 5.41) is 3.91. The van der Waals surface area contributed by atoms with E-state index in [1.807, 2.05) is 18.5 Å². The van der Waals surface area contributed by atoms with Gasteiger partial charge in [0.2, 0.25) is 5.95 Å². The number of fused-ring (bicyclic) bond motifs is 2. The Morgan fingerprint density at radius 3 is 2.61 bits per heavy atom. The number of hydrogen-bond donors (Lipinski definition) is 1. The Kier molecular flexibility index (Phi) is 5.52. The minimum Gasteiger partial charge on any atom is -0.460 e. The standard InChI is InChI=1S/C22H26N8O2S/c1-29-14-8-15(29)13-30(12-14)16-9-24-20(25-10-16)28-22-26-11-19(33-22)18-2-5-23-21(27-18)32-17-3-6-31-7-4-17/h2,5,9-11,14-15,17H,3-4,6-8,12-13H2,1H3,(H,24,25,26,28). The van der Waals surface area contributed by atoms with Crippen LogP contribution in [0, 0.1) is 0 Å². The highest BCUT2D eigenvalue weighted by atomic mass is 32.1. The summed E-state index contributed by atoms with van der Waals surface area (Å²) >= 11 is 1.49. The summed E-state index contributed by atoms with van der Waals surface area (Å²) < 4.78 is 11.3. The highest BCUT2D eigenvalue weighted by Crippen LogP contribution is 2.33. The zero-order valence-corrected chi connectivity index (χ0v) is 19.2. The first-order valence-electron chi connectivity index (χ1n) is 11.3. The number of nitrogens with zero attached hydrogens (tertiary/aromatic N) is 7. The van der Waals surface area contributed by atoms with Crippen molar-refractivity contribution in [1.82, 2.24) is 29.8 Å². The third-order valence-electron chi connectivity index (χ3n) is 6.61. The molecule has 2 atom stereocenters. The molecule has 7 heterocycles. The quantitative estimate of drug-likeness (QED) is 0.583. The predicted molar refractivity (Wildman–Crippen MR) is 125 cm³/mol. The molecule has 3 aromatic heterocycles. The van der Waals surface area contributed by atoms with Gasteiger partial charge in [0.1, 0.15) is 6.10 Å². The number of rotatable bonds is 6. The summed E-state index contributed by atoms with van der Waals surface area (Å²) in [5.41, 5.74) is 1.85. The van der Waals surface area contributed by atoms with E-state index in [0.29, 0.717) is 42.4 Å². The molecule has 11 heteroatoms. The molecular weight excluding hydrogens is 440 g/mol. The van der Waals surface area contributed by atoms with Gasteiger partial charge in [-0.25, -0.2) is 19.9 Å². The Bertz CT molecular complexity index is 1090. The summed E-state index contributed by atoms with van der Waals surface area (Å²) in [7, 11) is 2.21. The van der Waals surface area contributed by atoms with Crippen molar-refractivity contribution in [1.29, 1.82) is 0 Å². The second-order valence-electron chi connectivity index (χ2n) is 8.69. The van der Waals surface area contributed by atoms with Crippen molar-refractivity contribution in [3.8, 4) is 16.6 Å². The lowest BCUT2D eigenvalue weighted by molar-refractivity contribution is 0.0217. The Morgan fingerprint density at radius 1 is 1.06 bits per heavy atom. The van der Waals surface area contributed by atoms with Crippen LogP contribution in [0.4, 0.5) is 16.8 Å². The second kappa shape index (κ2) is 8.81. The average Bonchev–Trinajstić information content (AvgIpc) is 3.33. The summed E-state index contributed by atoms with van der Waals surface area (Å²) in [6.45, 7) is 3.51. The van der Waals surface area contributed by atoms with Gasteiger partial charge in [-0.2, -0.15) is 4.98 Å². The van der Waals surface area contributed by atoms with Gasteiger partial charge in [-0.05, 0) is 19.5 Å². The van der Waals surface area contributed by atoms with Gasteiger partial charge in [0, 0.05) is 50.4 Å². The van der Waals surface area contributed by atoms with Crippen molar-refractivity contribution < 1.29 is 9.47 Å². The van der Waals surface area contributed by atoms with E-state index in [0.717, 1.165) is 42.2 Å². The molecule has 3 aromatic rings. The van der Waals surface area contributed by atoms with E-state index in [4.69, 9.17) is 9.47 Å². The molecule has 0 spiro atoms. The van der Waals surface area contributed by atoms with Gasteiger partial charge < -0.3 is 19.7 Å². The Hall–Kier alpha value is -2.89. The Balaban J connectivity index is 1.09. The topological polar surface area (TPSA) is 101 Å². The monoisotopic (exact) mass is 466 g/mol. The zero-order chi connectivity index (χ0) is 22.2. The van der Waals surface area contributed by atoms with Crippen molar-refractivity contribution in [3.63, 3.8) is 0 Å². The summed E-state index contributed by atoms with van der Waals surface area (Å²) in [6, 6.07) is 3.56. The van der Waals surface area contributed by atoms with E-state index in [2.05, 4.69) is 47.1 Å². The summed E-state index contributed by atoms with van der Waals surface area (Å²) in [4.78, 5) is 28.1. The largest absolute Gasteiger partial charge is 0.460 e. The van der Waals surface area contributed by atoms with Crippen LogP contribution in [0.5, 0.6) is 6.01 Å². The molecule has 7 rings (SSSR count). The van der Waals surface area contributed by atoms with Gasteiger partial charge in [-0.15, -0.1) is 0 Å². The average molecular weight is 467 g/mol. The molecular formula is C22H26N8O2S. The minimum atomic E-state index is 0.101. The van der Waals surface area contributed by atoms with Crippen LogP contribution in [0.3, 0.4) is 0 Å². The normalized spacial score (nSPS) is 23.2. The molecule has 0 aliphatic carbocycles. The molecule has 0 amide bonds. The van der Waals surface area contributed by atoms with E-state index >= 15 is 0 Å². The van der Waals surface area contributed by atoms with Gasteiger partial charge >= 0.3 is 6.01 Å². The first-order valence-corrected chi connectivity index (χ1v) is 12.1. The van der Waals surface area contributed by atoms with E-state index in [9.17, 15) is 0 Å². The van der Waals surface area contributed by atoms with Crippen LogP contribution in [-0.4, -0.2) is 81.4 Å². The van der Waals surface area contributed by atoms with Crippen LogP contribution < -0.4 is 15.0 Å². The number of aromatic nitrogens is 5. The number of thiazole rings is 1. The Labute approximate surface area is 196 Å². The zero-order valence-electron chi connectivity index (χ0n) is 18.4. The van der Waals surface area contributed by atoms with Crippen molar-refractivity contribution in [2.24, 2.45) is 0 Å². The third-order valence-corrected chi connectivity index (χ3v) is 7.55.